The molecule has 1 atom stereocenters. The van der Waals surface area contributed by atoms with Crippen LogP contribution in [0.1, 0.15) is 42.8 Å². The number of hydrogen-bond acceptors (Lipinski definition) is 4. The van der Waals surface area contributed by atoms with Crippen LogP contribution >= 0.6 is 0 Å². The number of likely N-dealkylation sites (N-methyl/N-ethyl adjacent to an activating group) is 2. The molecule has 0 amide bonds. The van der Waals surface area contributed by atoms with E-state index in [4.69, 9.17) is 4.42 Å². The topological polar surface area (TPSA) is 31.6 Å². The van der Waals surface area contributed by atoms with Crippen LogP contribution in [0, 0.1) is 6.92 Å². The summed E-state index contributed by atoms with van der Waals surface area (Å²) in [7, 11) is 4.45. The Morgan fingerprint density at radius 3 is 2.90 bits per heavy atom. The van der Waals surface area contributed by atoms with Crippen molar-refractivity contribution < 1.29 is 4.42 Å². The number of rotatable bonds is 6. The van der Waals surface area contributed by atoms with E-state index in [1.54, 1.807) is 0 Å². The lowest BCUT2D eigenvalue weighted by atomic mass is 10.1. The van der Waals surface area contributed by atoms with E-state index in [9.17, 15) is 0 Å². The standard InChI is InChI=1S/C17H29N3O/c1-13-9-16(21-17(13)10-18-14-6-7-14)12-20(3)15-5-4-8-19(2)11-15/h9,14-15,18H,4-8,10-12H2,1-3H3. The molecule has 0 spiro atoms. The van der Waals surface area contributed by atoms with Gasteiger partial charge in [-0.1, -0.05) is 0 Å². The maximum Gasteiger partial charge on any atom is 0.120 e. The van der Waals surface area contributed by atoms with Gasteiger partial charge in [-0.25, -0.2) is 0 Å². The Morgan fingerprint density at radius 2 is 2.19 bits per heavy atom. The van der Waals surface area contributed by atoms with Gasteiger partial charge in [0.2, 0.25) is 0 Å². The van der Waals surface area contributed by atoms with Crippen LogP contribution in [0.3, 0.4) is 0 Å². The highest BCUT2D eigenvalue weighted by Crippen LogP contribution is 2.22. The van der Waals surface area contributed by atoms with Crippen molar-refractivity contribution in [1.82, 2.24) is 15.1 Å². The zero-order valence-electron chi connectivity index (χ0n) is 13.7. The van der Waals surface area contributed by atoms with Crippen molar-refractivity contribution in [2.75, 3.05) is 27.2 Å². The summed E-state index contributed by atoms with van der Waals surface area (Å²) in [5, 5.41) is 3.54. The average molecular weight is 291 g/mol. The molecule has 1 aromatic rings. The molecule has 21 heavy (non-hydrogen) atoms. The van der Waals surface area contributed by atoms with E-state index in [-0.39, 0.29) is 0 Å². The smallest absolute Gasteiger partial charge is 0.120 e. The zero-order chi connectivity index (χ0) is 14.8. The average Bonchev–Trinajstić information content (AvgIpc) is 3.21. The minimum atomic E-state index is 0.655. The van der Waals surface area contributed by atoms with E-state index >= 15 is 0 Å². The van der Waals surface area contributed by atoms with Gasteiger partial charge >= 0.3 is 0 Å². The number of likely N-dealkylation sites (tertiary alicyclic amines) is 1. The largest absolute Gasteiger partial charge is 0.463 e. The van der Waals surface area contributed by atoms with Crippen molar-refractivity contribution in [3.8, 4) is 0 Å². The minimum Gasteiger partial charge on any atom is -0.463 e. The number of nitrogens with one attached hydrogen (secondary N) is 1. The molecule has 1 N–H and O–H groups in total. The molecular formula is C17H29N3O. The number of nitrogens with zero attached hydrogens (tertiary/aromatic N) is 2. The Labute approximate surface area is 128 Å². The molecule has 0 radical (unpaired) electrons. The van der Waals surface area contributed by atoms with Crippen LogP contribution in [0.25, 0.3) is 0 Å². The van der Waals surface area contributed by atoms with E-state index in [0.717, 1.165) is 30.7 Å². The maximum atomic E-state index is 6.06. The first kappa shape index (κ1) is 15.1. The van der Waals surface area contributed by atoms with Crippen LogP contribution in [-0.4, -0.2) is 49.1 Å². The molecule has 1 saturated carbocycles. The molecule has 0 bridgehead atoms. The Kier molecular flexibility index (Phi) is 4.67. The first-order valence-electron chi connectivity index (χ1n) is 8.32. The Hall–Kier alpha value is -0.840. The van der Waals surface area contributed by atoms with Crippen molar-refractivity contribution >= 4 is 0 Å². The lowest BCUT2D eigenvalue weighted by Gasteiger charge is -2.35. The van der Waals surface area contributed by atoms with Gasteiger partial charge in [0, 0.05) is 18.6 Å². The van der Waals surface area contributed by atoms with Gasteiger partial charge in [-0.15, -0.1) is 0 Å². The molecule has 4 nitrogen and oxygen atoms in total. The van der Waals surface area contributed by atoms with Crippen molar-refractivity contribution in [2.45, 2.75) is 57.8 Å². The van der Waals surface area contributed by atoms with Gasteiger partial charge in [-0.2, -0.15) is 0 Å². The van der Waals surface area contributed by atoms with E-state index in [2.05, 4.69) is 42.2 Å². The second-order valence-corrected chi connectivity index (χ2v) is 6.95. The molecule has 1 aliphatic heterocycles. The van der Waals surface area contributed by atoms with E-state index in [1.165, 1.54) is 44.3 Å². The van der Waals surface area contributed by atoms with Gasteiger partial charge < -0.3 is 14.6 Å². The first-order valence-corrected chi connectivity index (χ1v) is 8.32. The van der Waals surface area contributed by atoms with Gasteiger partial charge in [-0.3, -0.25) is 4.90 Å². The van der Waals surface area contributed by atoms with E-state index in [0.29, 0.717) is 6.04 Å². The highest BCUT2D eigenvalue weighted by molar-refractivity contribution is 5.20. The molecule has 118 valence electrons. The summed E-state index contributed by atoms with van der Waals surface area (Å²) in [4.78, 5) is 4.88. The fourth-order valence-electron chi connectivity index (χ4n) is 3.24. The molecule has 3 rings (SSSR count). The molecule has 2 aliphatic rings. The molecule has 1 unspecified atom stereocenters. The minimum absolute atomic E-state index is 0.655. The number of furan rings is 1. The lowest BCUT2D eigenvalue weighted by molar-refractivity contribution is 0.123. The molecular weight excluding hydrogens is 262 g/mol. The summed E-state index contributed by atoms with van der Waals surface area (Å²) in [6, 6.07) is 3.60. The Bertz CT molecular complexity index is 467. The Balaban J connectivity index is 1.54. The van der Waals surface area contributed by atoms with Crippen molar-refractivity contribution in [1.29, 1.82) is 0 Å². The van der Waals surface area contributed by atoms with Crippen molar-refractivity contribution in [3.63, 3.8) is 0 Å². The lowest BCUT2D eigenvalue weighted by Crippen LogP contribution is -2.44. The highest BCUT2D eigenvalue weighted by Gasteiger charge is 2.23. The van der Waals surface area contributed by atoms with Crippen LogP contribution in [0.5, 0.6) is 0 Å². The summed E-state index contributed by atoms with van der Waals surface area (Å²) in [5.41, 5.74) is 1.28. The quantitative estimate of drug-likeness (QED) is 0.872. The first-order chi connectivity index (χ1) is 10.1. The summed E-state index contributed by atoms with van der Waals surface area (Å²) in [5.74, 6) is 2.22. The predicted molar refractivity (Wildman–Crippen MR) is 85.3 cm³/mol. The summed E-state index contributed by atoms with van der Waals surface area (Å²) < 4.78 is 6.06. The molecule has 1 saturated heterocycles. The third kappa shape index (κ3) is 4.09. The monoisotopic (exact) mass is 291 g/mol. The van der Waals surface area contributed by atoms with Crippen molar-refractivity contribution in [2.24, 2.45) is 0 Å². The van der Waals surface area contributed by atoms with Crippen LogP contribution in [0.4, 0.5) is 0 Å². The molecule has 2 fully saturated rings. The summed E-state index contributed by atoms with van der Waals surface area (Å²) >= 11 is 0. The SMILES string of the molecule is Cc1cc(CN(C)C2CCCN(C)C2)oc1CNC1CC1. The third-order valence-electron chi connectivity index (χ3n) is 4.83. The highest BCUT2D eigenvalue weighted by atomic mass is 16.3. The van der Waals surface area contributed by atoms with Crippen LogP contribution < -0.4 is 5.32 Å². The van der Waals surface area contributed by atoms with Crippen LogP contribution in [0.15, 0.2) is 10.5 Å². The second kappa shape index (κ2) is 6.51. The van der Waals surface area contributed by atoms with Crippen LogP contribution in [-0.2, 0) is 13.1 Å². The normalized spacial score (nSPS) is 23.9. The van der Waals surface area contributed by atoms with Crippen LogP contribution in [0.2, 0.25) is 0 Å². The fraction of sp³-hybridized carbons (Fsp3) is 0.765. The molecule has 1 aliphatic carbocycles. The molecule has 2 heterocycles. The molecule has 0 aromatic carbocycles. The summed E-state index contributed by atoms with van der Waals surface area (Å²) in [6.45, 7) is 6.37. The number of piperidine rings is 1. The van der Waals surface area contributed by atoms with Gasteiger partial charge in [0.05, 0.1) is 13.1 Å². The molecule has 4 heteroatoms. The van der Waals surface area contributed by atoms with E-state index < -0.39 is 0 Å². The predicted octanol–water partition coefficient (Wildman–Crippen LogP) is 2.37. The third-order valence-corrected chi connectivity index (χ3v) is 4.83. The maximum absolute atomic E-state index is 6.06. The number of aryl methyl sites for hydroxylation is 1. The van der Waals surface area contributed by atoms with Gasteiger partial charge in [0.25, 0.3) is 0 Å². The zero-order valence-corrected chi connectivity index (χ0v) is 13.7. The van der Waals surface area contributed by atoms with Gasteiger partial charge in [0.1, 0.15) is 11.5 Å². The Morgan fingerprint density at radius 1 is 1.38 bits per heavy atom. The molecule has 1 aromatic heterocycles. The van der Waals surface area contributed by atoms with Gasteiger partial charge in [-0.05, 0) is 64.9 Å². The van der Waals surface area contributed by atoms with Crippen molar-refractivity contribution in [3.05, 3.63) is 23.2 Å². The van der Waals surface area contributed by atoms with Gasteiger partial charge in [0.15, 0.2) is 0 Å². The fourth-order valence-corrected chi connectivity index (χ4v) is 3.24. The van der Waals surface area contributed by atoms with E-state index in [1.807, 2.05) is 0 Å². The second-order valence-electron chi connectivity index (χ2n) is 6.95. The number of hydrogen-bond donors (Lipinski definition) is 1. The summed E-state index contributed by atoms with van der Waals surface area (Å²) in [6.07, 6.45) is 5.25.